The van der Waals surface area contributed by atoms with Crippen molar-refractivity contribution in [3.05, 3.63) is 50.6 Å². The molecule has 3 aromatic rings. The molecule has 0 bridgehead atoms. The Morgan fingerprint density at radius 3 is 2.72 bits per heavy atom. The lowest BCUT2D eigenvalue weighted by Crippen LogP contribution is -2.55. The first-order chi connectivity index (χ1) is 16.8. The van der Waals surface area contributed by atoms with E-state index >= 15 is 0 Å². The molecule has 0 saturated heterocycles. The summed E-state index contributed by atoms with van der Waals surface area (Å²) in [7, 11) is 2.03. The van der Waals surface area contributed by atoms with E-state index in [-0.39, 0.29) is 30.6 Å². The lowest BCUT2D eigenvalue weighted by Gasteiger charge is -2.35. The molecule has 3 unspecified atom stereocenters. The number of amides is 2. The maximum atomic E-state index is 13.1. The normalized spacial score (nSPS) is 21.9. The van der Waals surface area contributed by atoms with Crippen molar-refractivity contribution in [2.75, 3.05) is 13.6 Å². The van der Waals surface area contributed by atoms with Crippen molar-refractivity contribution in [2.45, 2.75) is 44.3 Å². The Kier molecular flexibility index (Phi) is 7.89. The quantitative estimate of drug-likeness (QED) is 0.384. The van der Waals surface area contributed by atoms with Crippen molar-refractivity contribution < 1.29 is 19.5 Å². The number of aromatic nitrogens is 2. The van der Waals surface area contributed by atoms with E-state index in [1.807, 2.05) is 7.05 Å². The zero-order valence-electron chi connectivity index (χ0n) is 19.5. The van der Waals surface area contributed by atoms with Crippen LogP contribution in [0.4, 0.5) is 0 Å². The lowest BCUT2D eigenvalue weighted by molar-refractivity contribution is -0.143. The number of aromatic amines is 1. The number of carboxylic acids is 1. The Labute approximate surface area is 223 Å². The summed E-state index contributed by atoms with van der Waals surface area (Å²) in [6.45, 7) is 1.66. The molecule has 0 spiro atoms. The molecule has 9 nitrogen and oxygen atoms in total. The maximum absolute atomic E-state index is 13.1. The minimum absolute atomic E-state index is 0. The van der Waals surface area contributed by atoms with Crippen LogP contribution in [0.5, 0.6) is 0 Å². The first-order valence-electron chi connectivity index (χ1n) is 11.6. The molecule has 2 amide bonds. The smallest absolute Gasteiger partial charge is 0.306 e. The summed E-state index contributed by atoms with van der Waals surface area (Å²) in [5, 5.41) is 17.3. The summed E-state index contributed by atoms with van der Waals surface area (Å²) < 4.78 is 0. The average Bonchev–Trinajstić information content (AvgIpc) is 3.43. The van der Waals surface area contributed by atoms with Gasteiger partial charge in [-0.15, -0.1) is 23.7 Å². The molecule has 4 N–H and O–H groups in total. The second kappa shape index (κ2) is 10.8. The van der Waals surface area contributed by atoms with Crippen LogP contribution in [0.1, 0.15) is 50.1 Å². The summed E-state index contributed by atoms with van der Waals surface area (Å²) in [4.78, 5) is 48.7. The second-order valence-corrected chi connectivity index (χ2v) is 10.8. The van der Waals surface area contributed by atoms with Crippen LogP contribution in [0, 0.1) is 5.92 Å². The predicted octanol–water partition coefficient (Wildman–Crippen LogP) is 3.47. The molecular formula is C24H27Cl2N5O4S. The van der Waals surface area contributed by atoms with Gasteiger partial charge in [-0.05, 0) is 50.6 Å². The first kappa shape index (κ1) is 26.4. The number of H-pyrrole nitrogens is 1. The molecule has 1 aliphatic heterocycles. The predicted molar refractivity (Wildman–Crippen MR) is 140 cm³/mol. The fourth-order valence-electron chi connectivity index (χ4n) is 4.85. The molecule has 5 rings (SSSR count). The van der Waals surface area contributed by atoms with Gasteiger partial charge in [0.05, 0.1) is 17.7 Å². The number of hydrogen-bond acceptors (Lipinski definition) is 6. The fraction of sp³-hybridized carbons (Fsp3) is 0.417. The third-order valence-corrected chi connectivity index (χ3v) is 8.09. The van der Waals surface area contributed by atoms with Gasteiger partial charge in [-0.1, -0.05) is 11.6 Å². The van der Waals surface area contributed by atoms with Crippen LogP contribution < -0.4 is 10.6 Å². The van der Waals surface area contributed by atoms with E-state index in [2.05, 4.69) is 25.5 Å². The monoisotopic (exact) mass is 551 g/mol. The first-order valence-corrected chi connectivity index (χ1v) is 12.8. The van der Waals surface area contributed by atoms with Crippen LogP contribution >= 0.6 is 35.3 Å². The minimum Gasteiger partial charge on any atom is -0.481 e. The fourth-order valence-corrected chi connectivity index (χ4v) is 6.12. The SMILES string of the molecule is CN1CCc2nc(C(=O)NC3CC(C(=O)O)CCC3NC(=O)c3cc4cc(Cl)ccc4[nH]3)sc2C1.Cl. The van der Waals surface area contributed by atoms with E-state index in [9.17, 15) is 19.5 Å². The molecule has 1 fully saturated rings. The molecule has 0 radical (unpaired) electrons. The topological polar surface area (TPSA) is 127 Å². The van der Waals surface area contributed by atoms with Gasteiger partial charge in [0.2, 0.25) is 0 Å². The minimum atomic E-state index is -0.894. The van der Waals surface area contributed by atoms with Gasteiger partial charge in [0.1, 0.15) is 5.69 Å². The van der Waals surface area contributed by atoms with Crippen LogP contribution in [0.3, 0.4) is 0 Å². The number of carbonyl (C=O) groups excluding carboxylic acids is 2. The Morgan fingerprint density at radius 2 is 1.94 bits per heavy atom. The molecular weight excluding hydrogens is 525 g/mol. The van der Waals surface area contributed by atoms with Gasteiger partial charge in [-0.25, -0.2) is 4.98 Å². The maximum Gasteiger partial charge on any atom is 0.306 e. The van der Waals surface area contributed by atoms with E-state index in [0.29, 0.717) is 28.6 Å². The zero-order valence-corrected chi connectivity index (χ0v) is 21.9. The Hall–Kier alpha value is -2.66. The number of likely N-dealkylation sites (N-methyl/N-ethyl adjacent to an activating group) is 1. The van der Waals surface area contributed by atoms with Crippen LogP contribution in [-0.2, 0) is 17.8 Å². The number of carboxylic acid groups (broad SMARTS) is 1. The van der Waals surface area contributed by atoms with E-state index in [0.717, 1.165) is 41.0 Å². The number of carbonyl (C=O) groups is 3. The van der Waals surface area contributed by atoms with E-state index in [1.54, 1.807) is 24.3 Å². The average molecular weight is 552 g/mol. The molecule has 192 valence electrons. The number of thiazole rings is 1. The van der Waals surface area contributed by atoms with Crippen molar-refractivity contribution in [3.8, 4) is 0 Å². The Morgan fingerprint density at radius 1 is 1.17 bits per heavy atom. The van der Waals surface area contributed by atoms with Crippen molar-refractivity contribution in [1.29, 1.82) is 0 Å². The highest BCUT2D eigenvalue weighted by Crippen LogP contribution is 2.28. The van der Waals surface area contributed by atoms with E-state index < -0.39 is 24.0 Å². The third-order valence-electron chi connectivity index (χ3n) is 6.78. The molecule has 1 aliphatic carbocycles. The molecule has 3 heterocycles. The van der Waals surface area contributed by atoms with Gasteiger partial charge >= 0.3 is 5.97 Å². The number of rotatable bonds is 5. The van der Waals surface area contributed by atoms with Gasteiger partial charge < -0.3 is 25.6 Å². The molecule has 36 heavy (non-hydrogen) atoms. The number of aliphatic carboxylic acids is 1. The van der Waals surface area contributed by atoms with Gasteiger partial charge in [-0.3, -0.25) is 14.4 Å². The summed E-state index contributed by atoms with van der Waals surface area (Å²) in [5.41, 5.74) is 2.12. The molecule has 1 aromatic carbocycles. The van der Waals surface area contributed by atoms with Gasteiger partial charge in [0, 0.05) is 46.4 Å². The second-order valence-electron chi connectivity index (χ2n) is 9.30. The van der Waals surface area contributed by atoms with E-state index in [1.165, 1.54) is 11.3 Å². The standard InChI is InChI=1S/C24H26ClN5O4S.ClH/c1-30-7-6-17-20(11-30)35-23(29-17)22(32)28-18-9-12(24(33)34)2-4-16(18)27-21(31)19-10-13-8-14(25)3-5-15(13)26-19;/h3,5,8,10,12,16,18,26H,2,4,6-7,9,11H2,1H3,(H,27,31)(H,28,32)(H,33,34);1H. The summed E-state index contributed by atoms with van der Waals surface area (Å²) in [5.74, 6) is -2.12. The molecule has 2 aromatic heterocycles. The van der Waals surface area contributed by atoms with Crippen molar-refractivity contribution in [3.63, 3.8) is 0 Å². The number of benzene rings is 1. The highest BCUT2D eigenvalue weighted by molar-refractivity contribution is 7.13. The molecule has 1 saturated carbocycles. The van der Waals surface area contributed by atoms with Crippen LogP contribution in [0.15, 0.2) is 24.3 Å². The van der Waals surface area contributed by atoms with Crippen LogP contribution in [0.2, 0.25) is 5.02 Å². The van der Waals surface area contributed by atoms with Gasteiger partial charge in [-0.2, -0.15) is 0 Å². The number of halogens is 2. The Balaban J connectivity index is 0.00000304. The van der Waals surface area contributed by atoms with Gasteiger partial charge in [0.15, 0.2) is 5.01 Å². The summed E-state index contributed by atoms with van der Waals surface area (Å²) >= 11 is 7.43. The lowest BCUT2D eigenvalue weighted by atomic mass is 9.82. The van der Waals surface area contributed by atoms with Crippen molar-refractivity contribution in [1.82, 2.24) is 25.5 Å². The van der Waals surface area contributed by atoms with Gasteiger partial charge in [0.25, 0.3) is 11.8 Å². The largest absolute Gasteiger partial charge is 0.481 e. The Bertz CT molecular complexity index is 1310. The zero-order chi connectivity index (χ0) is 24.7. The molecule has 2 aliphatic rings. The summed E-state index contributed by atoms with van der Waals surface area (Å²) in [6.07, 6.45) is 1.91. The van der Waals surface area contributed by atoms with Crippen LogP contribution in [-0.4, -0.2) is 63.4 Å². The summed E-state index contributed by atoms with van der Waals surface area (Å²) in [6, 6.07) is 6.12. The number of nitrogens with one attached hydrogen (secondary N) is 3. The molecule has 12 heteroatoms. The highest BCUT2D eigenvalue weighted by atomic mass is 35.5. The third kappa shape index (κ3) is 5.51. The molecule has 3 atom stereocenters. The van der Waals surface area contributed by atoms with Crippen molar-refractivity contribution in [2.24, 2.45) is 5.92 Å². The van der Waals surface area contributed by atoms with Crippen LogP contribution in [0.25, 0.3) is 10.9 Å². The van der Waals surface area contributed by atoms with E-state index in [4.69, 9.17) is 11.6 Å². The highest BCUT2D eigenvalue weighted by Gasteiger charge is 2.36. The van der Waals surface area contributed by atoms with Crippen molar-refractivity contribution >= 4 is 64.0 Å². The number of fused-ring (bicyclic) bond motifs is 2. The number of hydrogen-bond donors (Lipinski definition) is 4. The number of nitrogens with zero attached hydrogens (tertiary/aromatic N) is 2.